The maximum Gasteiger partial charge on any atom is 0.306 e. The van der Waals surface area contributed by atoms with Gasteiger partial charge in [0, 0.05) is 30.1 Å². The number of Topliss-reactive ketones (excluding diaryl/α,β-unsaturated/α-hetero) is 1. The molecule has 3 fully saturated rings. The fourth-order valence-electron chi connectivity index (χ4n) is 9.58. The lowest BCUT2D eigenvalue weighted by molar-refractivity contribution is -0.158. The van der Waals surface area contributed by atoms with Gasteiger partial charge in [-0.1, -0.05) is 104 Å². The Kier molecular flexibility index (Phi) is 7.98. The normalized spacial score (nSPS) is 40.2. The number of rotatable bonds is 14. The number of aliphatic hydroxyl groups excluding tert-OH is 1. The first-order valence-corrected chi connectivity index (χ1v) is 16.3. The predicted octanol–water partition coefficient (Wildman–Crippen LogP) is 5.94. The molecule has 5 aliphatic rings. The van der Waals surface area contributed by atoms with E-state index in [4.69, 9.17) is 4.74 Å². The average molecular weight is 556 g/mol. The molecule has 0 aromatic rings. The largest absolute Gasteiger partial charge is 0.458 e. The van der Waals surface area contributed by atoms with E-state index in [0.717, 1.165) is 12.8 Å². The highest BCUT2D eigenvalue weighted by Gasteiger charge is 2.91. The molecule has 1 heterocycles. The van der Waals surface area contributed by atoms with Crippen molar-refractivity contribution in [2.75, 3.05) is 6.61 Å². The summed E-state index contributed by atoms with van der Waals surface area (Å²) < 4.78 is 6.43. The van der Waals surface area contributed by atoms with Crippen molar-refractivity contribution in [1.82, 2.24) is 5.32 Å². The van der Waals surface area contributed by atoms with Crippen LogP contribution in [0.5, 0.6) is 0 Å². The van der Waals surface area contributed by atoms with Gasteiger partial charge < -0.3 is 14.9 Å². The first-order valence-electron chi connectivity index (χ1n) is 16.3. The number of ether oxygens (including phenoxy) is 1. The lowest BCUT2D eigenvalue weighted by atomic mass is 9.63. The molecule has 2 saturated carbocycles. The van der Waals surface area contributed by atoms with E-state index in [0.29, 0.717) is 24.0 Å². The number of unbranched alkanes of at least 4 members (excludes halogenated alkanes) is 10. The molecule has 2 spiro atoms. The number of fused-ring (bicyclic) bond motifs is 2. The highest BCUT2D eigenvalue weighted by Crippen LogP contribution is 2.80. The Balaban J connectivity index is 1.20. The van der Waals surface area contributed by atoms with Gasteiger partial charge in [-0.3, -0.25) is 14.9 Å². The Morgan fingerprint density at radius 1 is 1.05 bits per heavy atom. The molecular formula is C34H53NO5. The van der Waals surface area contributed by atoms with E-state index in [1.165, 1.54) is 57.8 Å². The minimum Gasteiger partial charge on any atom is -0.458 e. The van der Waals surface area contributed by atoms with Crippen molar-refractivity contribution in [3.63, 3.8) is 0 Å². The van der Waals surface area contributed by atoms with Crippen LogP contribution in [0.25, 0.3) is 0 Å². The second kappa shape index (κ2) is 10.6. The van der Waals surface area contributed by atoms with Crippen LogP contribution in [0.1, 0.15) is 125 Å². The average Bonchev–Trinajstić information content (AvgIpc) is 3.70. The Hall–Kier alpha value is -1.50. The molecule has 40 heavy (non-hydrogen) atoms. The monoisotopic (exact) mass is 555 g/mol. The molecule has 5 rings (SSSR count). The van der Waals surface area contributed by atoms with Gasteiger partial charge in [0.15, 0.2) is 11.4 Å². The van der Waals surface area contributed by atoms with Crippen LogP contribution in [0, 0.1) is 23.2 Å². The van der Waals surface area contributed by atoms with Gasteiger partial charge in [-0.25, -0.2) is 0 Å². The molecule has 1 aliphatic heterocycles. The van der Waals surface area contributed by atoms with Gasteiger partial charge in [0.2, 0.25) is 0 Å². The first-order chi connectivity index (χ1) is 19.0. The van der Waals surface area contributed by atoms with Gasteiger partial charge in [-0.2, -0.15) is 0 Å². The number of carbonyl (C=O) groups is 2. The standard InChI is InChI=1S/C34H53NO5/c1-6-7-8-9-10-11-12-13-14-15-16-17-27(37)40-32-20-24(3)34-26(28(32)30(32,4)5)18-25(22-36)21-31(39)29(38)23(2)19-33(31,34)35-34/h18-19,24,26,28,35-36,39H,6-17,20-22H2,1-5H3/t24-,26+,28+,31+,32+,33-,34-/m1/s1. The first kappa shape index (κ1) is 30.0. The third kappa shape index (κ3) is 4.21. The summed E-state index contributed by atoms with van der Waals surface area (Å²) in [5, 5.41) is 25.8. The van der Waals surface area contributed by atoms with Crippen molar-refractivity contribution in [1.29, 1.82) is 0 Å². The summed E-state index contributed by atoms with van der Waals surface area (Å²) in [6.45, 7) is 10.4. The molecular weight excluding hydrogens is 502 g/mol. The van der Waals surface area contributed by atoms with Crippen LogP contribution >= 0.6 is 0 Å². The highest BCUT2D eigenvalue weighted by molar-refractivity contribution is 6.08. The van der Waals surface area contributed by atoms with E-state index < -0.39 is 22.3 Å². The van der Waals surface area contributed by atoms with E-state index >= 15 is 0 Å². The van der Waals surface area contributed by atoms with Gasteiger partial charge in [0.05, 0.1) is 17.7 Å². The quantitative estimate of drug-likeness (QED) is 0.106. The molecule has 0 amide bonds. The summed E-state index contributed by atoms with van der Waals surface area (Å²) in [5.41, 5.74) is -2.39. The zero-order valence-corrected chi connectivity index (χ0v) is 25.6. The molecule has 3 N–H and O–H groups in total. The highest BCUT2D eigenvalue weighted by atomic mass is 16.6. The number of carbonyl (C=O) groups excluding carboxylic acids is 2. The minimum absolute atomic E-state index is 0.0489. The van der Waals surface area contributed by atoms with E-state index in [-0.39, 0.29) is 47.9 Å². The van der Waals surface area contributed by atoms with Crippen molar-refractivity contribution in [3.8, 4) is 0 Å². The summed E-state index contributed by atoms with van der Waals surface area (Å²) >= 11 is 0. The lowest BCUT2D eigenvalue weighted by Gasteiger charge is -2.41. The molecule has 0 radical (unpaired) electrons. The van der Waals surface area contributed by atoms with Crippen LogP contribution in [0.15, 0.2) is 23.3 Å². The number of ketones is 1. The van der Waals surface area contributed by atoms with Crippen LogP contribution in [-0.4, -0.2) is 50.9 Å². The fraction of sp³-hybridized carbons (Fsp3) is 0.824. The van der Waals surface area contributed by atoms with Gasteiger partial charge in [0.25, 0.3) is 0 Å². The van der Waals surface area contributed by atoms with E-state index in [2.05, 4.69) is 39.1 Å². The zero-order chi connectivity index (χ0) is 29.0. The fourth-order valence-corrected chi connectivity index (χ4v) is 9.58. The van der Waals surface area contributed by atoms with Crippen LogP contribution in [-0.2, 0) is 14.3 Å². The smallest absolute Gasteiger partial charge is 0.306 e. The number of hydrogen-bond acceptors (Lipinski definition) is 6. The molecule has 0 aromatic heterocycles. The number of aliphatic hydroxyl groups is 2. The Labute approximate surface area is 241 Å². The van der Waals surface area contributed by atoms with Gasteiger partial charge in [-0.15, -0.1) is 0 Å². The molecule has 0 aromatic carbocycles. The van der Waals surface area contributed by atoms with Gasteiger partial charge in [-0.05, 0) is 36.8 Å². The second-order valence-corrected chi connectivity index (χ2v) is 14.5. The van der Waals surface area contributed by atoms with E-state index in [9.17, 15) is 19.8 Å². The SMILES string of the molecule is CCCCCCCCCCCCCC(=O)O[C@@]12C[C@@H](C)[C@]34N[C@@]35C=C(C)C(=O)[C@@]5(O)CC(CO)=C[C@H]4[C@H]1C2(C)C. The Bertz CT molecular complexity index is 1080. The van der Waals surface area contributed by atoms with Crippen molar-refractivity contribution >= 4 is 11.8 Å². The Morgan fingerprint density at radius 2 is 1.65 bits per heavy atom. The Morgan fingerprint density at radius 3 is 2.25 bits per heavy atom. The van der Waals surface area contributed by atoms with Crippen molar-refractivity contribution in [3.05, 3.63) is 23.3 Å². The number of esters is 1. The van der Waals surface area contributed by atoms with Crippen LogP contribution < -0.4 is 5.32 Å². The topological polar surface area (TPSA) is 106 Å². The minimum atomic E-state index is -1.58. The summed E-state index contributed by atoms with van der Waals surface area (Å²) in [7, 11) is 0. The van der Waals surface area contributed by atoms with Crippen LogP contribution in [0.2, 0.25) is 0 Å². The van der Waals surface area contributed by atoms with Gasteiger partial charge >= 0.3 is 5.97 Å². The third-order valence-corrected chi connectivity index (χ3v) is 11.8. The molecule has 0 bridgehead atoms. The van der Waals surface area contributed by atoms with Crippen molar-refractivity contribution < 1.29 is 24.5 Å². The molecule has 1 saturated heterocycles. The van der Waals surface area contributed by atoms with Gasteiger partial charge in [0.1, 0.15) is 5.60 Å². The van der Waals surface area contributed by atoms with Crippen LogP contribution in [0.3, 0.4) is 0 Å². The molecule has 6 nitrogen and oxygen atoms in total. The van der Waals surface area contributed by atoms with E-state index in [1.807, 2.05) is 6.08 Å². The van der Waals surface area contributed by atoms with Crippen molar-refractivity contribution in [2.24, 2.45) is 23.2 Å². The predicted molar refractivity (Wildman–Crippen MR) is 157 cm³/mol. The maximum atomic E-state index is 13.2. The number of hydrogen-bond donors (Lipinski definition) is 3. The maximum absolute atomic E-state index is 13.2. The molecule has 224 valence electrons. The molecule has 6 heteroatoms. The third-order valence-electron chi connectivity index (χ3n) is 11.8. The molecule has 7 atom stereocenters. The summed E-state index contributed by atoms with van der Waals surface area (Å²) in [5.74, 6) is -0.253. The molecule has 4 aliphatic carbocycles. The van der Waals surface area contributed by atoms with Crippen molar-refractivity contribution in [2.45, 2.75) is 147 Å². The van der Waals surface area contributed by atoms with E-state index in [1.54, 1.807) is 6.92 Å². The van der Waals surface area contributed by atoms with Crippen LogP contribution in [0.4, 0.5) is 0 Å². The number of nitrogens with one attached hydrogen (secondary N) is 1. The second-order valence-electron chi connectivity index (χ2n) is 14.5. The lowest BCUT2D eigenvalue weighted by Crippen LogP contribution is -2.55. The summed E-state index contributed by atoms with van der Waals surface area (Å²) in [6, 6.07) is 0. The molecule has 0 unspecified atom stereocenters. The summed E-state index contributed by atoms with van der Waals surface area (Å²) in [4.78, 5) is 26.4. The summed E-state index contributed by atoms with van der Waals surface area (Å²) in [6.07, 6.45) is 19.1. The zero-order valence-electron chi connectivity index (χ0n) is 25.6.